The van der Waals surface area contributed by atoms with Gasteiger partial charge in [0.1, 0.15) is 5.82 Å². The molecule has 1 unspecified atom stereocenters. The third-order valence-electron chi connectivity index (χ3n) is 4.74. The summed E-state index contributed by atoms with van der Waals surface area (Å²) in [6, 6.07) is 6.82. The van der Waals surface area contributed by atoms with Crippen molar-refractivity contribution in [2.45, 2.75) is 31.7 Å². The van der Waals surface area contributed by atoms with Gasteiger partial charge < -0.3 is 10.2 Å². The molecule has 1 saturated heterocycles. The molecule has 1 atom stereocenters. The van der Waals surface area contributed by atoms with Crippen molar-refractivity contribution in [1.82, 2.24) is 15.1 Å². The molecule has 1 aromatic rings. The first-order valence-electron chi connectivity index (χ1n) is 8.60. The number of hydrogen-bond donors (Lipinski definition) is 1. The van der Waals surface area contributed by atoms with Crippen LogP contribution in [0.25, 0.3) is 0 Å². The predicted octanol–water partition coefficient (Wildman–Crippen LogP) is 1.35. The van der Waals surface area contributed by atoms with Crippen LogP contribution in [0.5, 0.6) is 0 Å². The molecule has 0 bridgehead atoms. The summed E-state index contributed by atoms with van der Waals surface area (Å²) < 4.78 is 13.0. The fourth-order valence-corrected chi connectivity index (χ4v) is 3.04. The Morgan fingerprint density at radius 2 is 1.79 bits per heavy atom. The SMILES string of the molecule is CC(CN1CCN(C(=O)C(=O)NC2CC2)CC1)c1ccc(F)cc1. The first kappa shape index (κ1) is 16.9. The quantitative estimate of drug-likeness (QED) is 0.847. The Hall–Kier alpha value is -1.95. The molecule has 1 saturated carbocycles. The van der Waals surface area contributed by atoms with Crippen LogP contribution < -0.4 is 5.32 Å². The van der Waals surface area contributed by atoms with Crippen LogP contribution in [-0.2, 0) is 9.59 Å². The molecule has 1 aromatic carbocycles. The van der Waals surface area contributed by atoms with Gasteiger partial charge in [-0.25, -0.2) is 4.39 Å². The fraction of sp³-hybridized carbons (Fsp3) is 0.556. The summed E-state index contributed by atoms with van der Waals surface area (Å²) in [4.78, 5) is 27.8. The van der Waals surface area contributed by atoms with E-state index in [-0.39, 0.29) is 11.9 Å². The number of piperazine rings is 1. The van der Waals surface area contributed by atoms with Crippen LogP contribution in [0, 0.1) is 5.82 Å². The van der Waals surface area contributed by atoms with Gasteiger partial charge in [-0.15, -0.1) is 0 Å². The minimum Gasteiger partial charge on any atom is -0.345 e. The molecule has 2 fully saturated rings. The van der Waals surface area contributed by atoms with Crippen molar-refractivity contribution in [2.75, 3.05) is 32.7 Å². The number of rotatable bonds is 4. The molecule has 130 valence electrons. The number of hydrogen-bond acceptors (Lipinski definition) is 3. The summed E-state index contributed by atoms with van der Waals surface area (Å²) in [5.41, 5.74) is 1.11. The zero-order valence-corrected chi connectivity index (χ0v) is 14.0. The van der Waals surface area contributed by atoms with Crippen LogP contribution in [0.2, 0.25) is 0 Å². The maximum Gasteiger partial charge on any atom is 0.311 e. The average Bonchev–Trinajstić information content (AvgIpc) is 3.39. The molecule has 0 aromatic heterocycles. The number of carbonyl (C=O) groups is 2. The summed E-state index contributed by atoms with van der Waals surface area (Å²) >= 11 is 0. The zero-order valence-electron chi connectivity index (χ0n) is 14.0. The number of halogens is 1. The summed E-state index contributed by atoms with van der Waals surface area (Å²) in [6.07, 6.45) is 1.96. The van der Waals surface area contributed by atoms with Crippen molar-refractivity contribution in [2.24, 2.45) is 0 Å². The van der Waals surface area contributed by atoms with Gasteiger partial charge in [0.25, 0.3) is 0 Å². The molecule has 2 amide bonds. The van der Waals surface area contributed by atoms with E-state index in [2.05, 4.69) is 17.1 Å². The second-order valence-electron chi connectivity index (χ2n) is 6.79. The van der Waals surface area contributed by atoms with Gasteiger partial charge >= 0.3 is 11.8 Å². The smallest absolute Gasteiger partial charge is 0.311 e. The lowest BCUT2D eigenvalue weighted by atomic mass is 10.0. The van der Waals surface area contributed by atoms with Crippen LogP contribution in [0.3, 0.4) is 0 Å². The van der Waals surface area contributed by atoms with E-state index >= 15 is 0 Å². The first-order valence-corrected chi connectivity index (χ1v) is 8.60. The van der Waals surface area contributed by atoms with E-state index in [9.17, 15) is 14.0 Å². The van der Waals surface area contributed by atoms with Gasteiger partial charge in [-0.2, -0.15) is 0 Å². The zero-order chi connectivity index (χ0) is 17.1. The van der Waals surface area contributed by atoms with E-state index < -0.39 is 11.8 Å². The highest BCUT2D eigenvalue weighted by molar-refractivity contribution is 6.35. The normalized spacial score (nSPS) is 19.8. The van der Waals surface area contributed by atoms with Gasteiger partial charge in [0, 0.05) is 38.8 Å². The highest BCUT2D eigenvalue weighted by Gasteiger charge is 2.30. The average molecular weight is 333 g/mol. The van der Waals surface area contributed by atoms with Crippen LogP contribution in [-0.4, -0.2) is 60.4 Å². The second-order valence-corrected chi connectivity index (χ2v) is 6.79. The largest absolute Gasteiger partial charge is 0.345 e. The van der Waals surface area contributed by atoms with Crippen molar-refractivity contribution >= 4 is 11.8 Å². The topological polar surface area (TPSA) is 52.7 Å². The molecule has 1 aliphatic heterocycles. The minimum atomic E-state index is -0.467. The van der Waals surface area contributed by atoms with E-state index in [4.69, 9.17) is 0 Å². The second kappa shape index (κ2) is 7.30. The number of nitrogens with zero attached hydrogens (tertiary/aromatic N) is 2. The van der Waals surface area contributed by atoms with E-state index in [0.717, 1.165) is 38.0 Å². The maximum absolute atomic E-state index is 13.0. The van der Waals surface area contributed by atoms with Crippen molar-refractivity contribution in [3.8, 4) is 0 Å². The summed E-state index contributed by atoms with van der Waals surface area (Å²) in [5, 5.41) is 2.75. The number of amides is 2. The Morgan fingerprint density at radius 3 is 2.38 bits per heavy atom. The summed E-state index contributed by atoms with van der Waals surface area (Å²) in [5.74, 6) is -0.799. The van der Waals surface area contributed by atoms with Gasteiger partial charge in [-0.1, -0.05) is 19.1 Å². The van der Waals surface area contributed by atoms with E-state index in [1.165, 1.54) is 12.1 Å². The molecular weight excluding hydrogens is 309 g/mol. The van der Waals surface area contributed by atoms with Crippen LogP contribution in [0.4, 0.5) is 4.39 Å². The maximum atomic E-state index is 13.0. The fourth-order valence-electron chi connectivity index (χ4n) is 3.04. The molecule has 3 rings (SSSR count). The lowest BCUT2D eigenvalue weighted by Crippen LogP contribution is -2.53. The third-order valence-corrected chi connectivity index (χ3v) is 4.74. The van der Waals surface area contributed by atoms with Crippen molar-refractivity contribution < 1.29 is 14.0 Å². The van der Waals surface area contributed by atoms with Gasteiger partial charge in [-0.05, 0) is 36.5 Å². The van der Waals surface area contributed by atoms with Crippen LogP contribution >= 0.6 is 0 Å². The van der Waals surface area contributed by atoms with Crippen molar-refractivity contribution in [3.05, 3.63) is 35.6 Å². The minimum absolute atomic E-state index is 0.208. The Balaban J connectivity index is 1.45. The van der Waals surface area contributed by atoms with Gasteiger partial charge in [0.05, 0.1) is 0 Å². The molecule has 0 spiro atoms. The third kappa shape index (κ3) is 4.32. The molecule has 24 heavy (non-hydrogen) atoms. The van der Waals surface area contributed by atoms with Gasteiger partial charge in [-0.3, -0.25) is 14.5 Å². The Labute approximate surface area is 141 Å². The Bertz CT molecular complexity index is 593. The summed E-state index contributed by atoms with van der Waals surface area (Å²) in [7, 11) is 0. The standard InChI is InChI=1S/C18H24FN3O2/c1-13(14-2-4-15(19)5-3-14)12-21-8-10-22(11-9-21)18(24)17(23)20-16-6-7-16/h2-5,13,16H,6-12H2,1H3,(H,20,23). The molecule has 1 aliphatic carbocycles. The summed E-state index contributed by atoms with van der Waals surface area (Å²) in [6.45, 7) is 5.65. The molecule has 1 N–H and O–H groups in total. The lowest BCUT2D eigenvalue weighted by molar-refractivity contribution is -0.147. The molecule has 1 heterocycles. The number of benzene rings is 1. The predicted molar refractivity (Wildman–Crippen MR) is 89.0 cm³/mol. The van der Waals surface area contributed by atoms with Crippen LogP contribution in [0.15, 0.2) is 24.3 Å². The van der Waals surface area contributed by atoms with Gasteiger partial charge in [0.2, 0.25) is 0 Å². The molecule has 2 aliphatic rings. The molecule has 5 nitrogen and oxygen atoms in total. The van der Waals surface area contributed by atoms with E-state index in [1.807, 2.05) is 12.1 Å². The van der Waals surface area contributed by atoms with Crippen molar-refractivity contribution in [1.29, 1.82) is 0 Å². The van der Waals surface area contributed by atoms with Crippen LogP contribution in [0.1, 0.15) is 31.2 Å². The van der Waals surface area contributed by atoms with E-state index in [1.54, 1.807) is 4.90 Å². The van der Waals surface area contributed by atoms with Gasteiger partial charge in [0.15, 0.2) is 0 Å². The number of carbonyl (C=O) groups excluding carboxylic acids is 2. The monoisotopic (exact) mass is 333 g/mol. The highest BCUT2D eigenvalue weighted by atomic mass is 19.1. The molecular formula is C18H24FN3O2. The Kier molecular flexibility index (Phi) is 5.14. The first-order chi connectivity index (χ1) is 11.5. The molecule has 0 radical (unpaired) electrons. The Morgan fingerprint density at radius 1 is 1.17 bits per heavy atom. The molecule has 6 heteroatoms. The van der Waals surface area contributed by atoms with E-state index in [0.29, 0.717) is 19.0 Å². The highest BCUT2D eigenvalue weighted by Crippen LogP contribution is 2.19. The van der Waals surface area contributed by atoms with Crippen molar-refractivity contribution in [3.63, 3.8) is 0 Å². The lowest BCUT2D eigenvalue weighted by Gasteiger charge is -2.35. The number of nitrogens with one attached hydrogen (secondary N) is 1.